The number of hydrogen-bond donors (Lipinski definition) is 2. The SMILES string of the molecule is C[C@H](CCC(=O)O)NC(=O)c1ccccc1OCc1ccccc1Cl. The average molecular weight is 362 g/mol. The van der Waals surface area contributed by atoms with Crippen molar-refractivity contribution in [1.82, 2.24) is 5.32 Å². The number of rotatable bonds is 8. The zero-order valence-electron chi connectivity index (χ0n) is 13.9. The molecule has 0 saturated heterocycles. The topological polar surface area (TPSA) is 75.6 Å². The Hall–Kier alpha value is -2.53. The molecule has 132 valence electrons. The third-order valence-corrected chi connectivity index (χ3v) is 4.01. The highest BCUT2D eigenvalue weighted by atomic mass is 35.5. The first-order chi connectivity index (χ1) is 12.0. The maximum atomic E-state index is 12.4. The number of carboxylic acids is 1. The number of amides is 1. The molecule has 0 unspecified atom stereocenters. The van der Waals surface area contributed by atoms with Crippen molar-refractivity contribution < 1.29 is 19.4 Å². The Morgan fingerprint density at radius 1 is 1.16 bits per heavy atom. The molecular weight excluding hydrogens is 342 g/mol. The molecule has 0 heterocycles. The molecule has 0 bridgehead atoms. The summed E-state index contributed by atoms with van der Waals surface area (Å²) in [6.07, 6.45) is 0.371. The molecule has 2 aromatic carbocycles. The fourth-order valence-corrected chi connectivity index (χ4v) is 2.46. The van der Waals surface area contributed by atoms with Crippen LogP contribution in [0.2, 0.25) is 5.02 Å². The van der Waals surface area contributed by atoms with Crippen LogP contribution in [0, 0.1) is 0 Å². The first-order valence-corrected chi connectivity index (χ1v) is 8.33. The normalized spacial score (nSPS) is 11.6. The molecule has 0 saturated carbocycles. The van der Waals surface area contributed by atoms with Gasteiger partial charge in [0.25, 0.3) is 5.91 Å². The fourth-order valence-electron chi connectivity index (χ4n) is 2.26. The molecule has 0 radical (unpaired) electrons. The van der Waals surface area contributed by atoms with Gasteiger partial charge in [-0.3, -0.25) is 9.59 Å². The molecule has 1 atom stereocenters. The summed E-state index contributed by atoms with van der Waals surface area (Å²) in [5.41, 5.74) is 1.23. The van der Waals surface area contributed by atoms with Crippen LogP contribution in [0.4, 0.5) is 0 Å². The molecule has 0 aliphatic rings. The molecule has 0 fully saturated rings. The minimum absolute atomic E-state index is 0.00605. The third kappa shape index (κ3) is 5.80. The standard InChI is InChI=1S/C19H20ClNO4/c1-13(10-11-18(22)23)21-19(24)15-7-3-5-9-17(15)25-12-14-6-2-4-8-16(14)20/h2-9,13H,10-12H2,1H3,(H,21,24)(H,22,23)/t13-/m1/s1. The van der Waals surface area contributed by atoms with E-state index < -0.39 is 5.97 Å². The number of nitrogens with one attached hydrogen (secondary N) is 1. The maximum absolute atomic E-state index is 12.4. The Kier molecular flexibility index (Phi) is 6.83. The van der Waals surface area contributed by atoms with Gasteiger partial charge in [-0.15, -0.1) is 0 Å². The Labute approximate surface area is 151 Å². The van der Waals surface area contributed by atoms with E-state index in [9.17, 15) is 9.59 Å². The predicted octanol–water partition coefficient (Wildman–Crippen LogP) is 3.90. The summed E-state index contributed by atoms with van der Waals surface area (Å²) >= 11 is 6.11. The Morgan fingerprint density at radius 2 is 1.84 bits per heavy atom. The highest BCUT2D eigenvalue weighted by Gasteiger charge is 2.15. The van der Waals surface area contributed by atoms with Crippen LogP contribution in [-0.4, -0.2) is 23.0 Å². The van der Waals surface area contributed by atoms with Crippen LogP contribution in [0.25, 0.3) is 0 Å². The summed E-state index contributed by atoms with van der Waals surface area (Å²) in [6, 6.07) is 14.0. The summed E-state index contributed by atoms with van der Waals surface area (Å²) in [5, 5.41) is 12.1. The lowest BCUT2D eigenvalue weighted by atomic mass is 10.1. The number of halogens is 1. The van der Waals surface area contributed by atoms with Crippen LogP contribution >= 0.6 is 11.6 Å². The van der Waals surface area contributed by atoms with Crippen LogP contribution in [0.15, 0.2) is 48.5 Å². The quantitative estimate of drug-likeness (QED) is 0.747. The van der Waals surface area contributed by atoms with Gasteiger partial charge < -0.3 is 15.2 Å². The third-order valence-electron chi connectivity index (χ3n) is 3.64. The van der Waals surface area contributed by atoms with E-state index in [2.05, 4.69) is 5.32 Å². The summed E-state index contributed by atoms with van der Waals surface area (Å²) in [7, 11) is 0. The van der Waals surface area contributed by atoms with Crippen LogP contribution < -0.4 is 10.1 Å². The van der Waals surface area contributed by atoms with E-state index in [4.69, 9.17) is 21.4 Å². The first-order valence-electron chi connectivity index (χ1n) is 7.95. The van der Waals surface area contributed by atoms with Crippen LogP contribution in [0.1, 0.15) is 35.7 Å². The van der Waals surface area contributed by atoms with Crippen LogP contribution in [0.5, 0.6) is 5.75 Å². The highest BCUT2D eigenvalue weighted by Crippen LogP contribution is 2.22. The van der Waals surface area contributed by atoms with Gasteiger partial charge in [-0.05, 0) is 31.5 Å². The van der Waals surface area contributed by atoms with E-state index in [1.54, 1.807) is 37.3 Å². The van der Waals surface area contributed by atoms with Crippen molar-refractivity contribution in [2.75, 3.05) is 0 Å². The van der Waals surface area contributed by atoms with Gasteiger partial charge in [0.15, 0.2) is 0 Å². The number of ether oxygens (including phenoxy) is 1. The molecule has 25 heavy (non-hydrogen) atoms. The second-order valence-corrected chi connectivity index (χ2v) is 6.09. The number of carboxylic acid groups (broad SMARTS) is 1. The van der Waals surface area contributed by atoms with Crippen molar-refractivity contribution in [2.24, 2.45) is 0 Å². The van der Waals surface area contributed by atoms with Crippen molar-refractivity contribution in [3.05, 3.63) is 64.7 Å². The molecule has 0 aliphatic heterocycles. The van der Waals surface area contributed by atoms with Gasteiger partial charge in [-0.25, -0.2) is 0 Å². The lowest BCUT2D eigenvalue weighted by molar-refractivity contribution is -0.137. The second kappa shape index (κ2) is 9.08. The van der Waals surface area contributed by atoms with Crippen molar-refractivity contribution in [1.29, 1.82) is 0 Å². The molecular formula is C19H20ClNO4. The molecule has 0 spiro atoms. The first kappa shape index (κ1) is 18.8. The van der Waals surface area contributed by atoms with E-state index >= 15 is 0 Å². The van der Waals surface area contributed by atoms with E-state index in [1.165, 1.54) is 0 Å². The molecule has 6 heteroatoms. The van der Waals surface area contributed by atoms with Gasteiger partial charge >= 0.3 is 5.97 Å². The van der Waals surface area contributed by atoms with Crippen molar-refractivity contribution >= 4 is 23.5 Å². The summed E-state index contributed by atoms with van der Waals surface area (Å²) < 4.78 is 5.77. The molecule has 2 aromatic rings. The number of hydrogen-bond acceptors (Lipinski definition) is 3. The number of carbonyl (C=O) groups excluding carboxylic acids is 1. The van der Waals surface area contributed by atoms with Crippen molar-refractivity contribution in [3.63, 3.8) is 0 Å². The lowest BCUT2D eigenvalue weighted by Gasteiger charge is -2.15. The van der Waals surface area contributed by atoms with E-state index in [1.807, 2.05) is 18.2 Å². The zero-order chi connectivity index (χ0) is 18.2. The number of para-hydroxylation sites is 1. The van der Waals surface area contributed by atoms with E-state index in [0.717, 1.165) is 5.56 Å². The zero-order valence-corrected chi connectivity index (χ0v) is 14.6. The fraction of sp³-hybridized carbons (Fsp3) is 0.263. The van der Waals surface area contributed by atoms with Gasteiger partial charge in [-0.2, -0.15) is 0 Å². The monoisotopic (exact) mass is 361 g/mol. The Bertz CT molecular complexity index is 748. The molecule has 2 N–H and O–H groups in total. The van der Waals surface area contributed by atoms with E-state index in [0.29, 0.717) is 22.8 Å². The molecule has 1 amide bonds. The van der Waals surface area contributed by atoms with Gasteiger partial charge in [0.1, 0.15) is 12.4 Å². The Balaban J connectivity index is 2.03. The lowest BCUT2D eigenvalue weighted by Crippen LogP contribution is -2.33. The summed E-state index contributed by atoms with van der Waals surface area (Å²) in [6.45, 7) is 2.02. The summed E-state index contributed by atoms with van der Waals surface area (Å²) in [4.78, 5) is 23.1. The minimum atomic E-state index is -0.885. The predicted molar refractivity (Wildman–Crippen MR) is 96.0 cm³/mol. The van der Waals surface area contributed by atoms with Crippen LogP contribution in [0.3, 0.4) is 0 Å². The van der Waals surface area contributed by atoms with E-state index in [-0.39, 0.29) is 25.0 Å². The second-order valence-electron chi connectivity index (χ2n) is 5.68. The number of benzene rings is 2. The van der Waals surface area contributed by atoms with Gasteiger partial charge in [-0.1, -0.05) is 41.9 Å². The molecule has 0 aromatic heterocycles. The van der Waals surface area contributed by atoms with Gasteiger partial charge in [0.2, 0.25) is 0 Å². The molecule has 2 rings (SSSR count). The smallest absolute Gasteiger partial charge is 0.303 e. The minimum Gasteiger partial charge on any atom is -0.488 e. The number of aliphatic carboxylic acids is 1. The van der Waals surface area contributed by atoms with Crippen molar-refractivity contribution in [3.8, 4) is 5.75 Å². The maximum Gasteiger partial charge on any atom is 0.303 e. The number of carbonyl (C=O) groups is 2. The largest absolute Gasteiger partial charge is 0.488 e. The highest BCUT2D eigenvalue weighted by molar-refractivity contribution is 6.31. The molecule has 0 aliphatic carbocycles. The van der Waals surface area contributed by atoms with Crippen molar-refractivity contribution in [2.45, 2.75) is 32.4 Å². The summed E-state index contributed by atoms with van der Waals surface area (Å²) in [5.74, 6) is -0.734. The molecule has 5 nitrogen and oxygen atoms in total. The average Bonchev–Trinajstić information content (AvgIpc) is 2.59. The Morgan fingerprint density at radius 3 is 2.56 bits per heavy atom. The van der Waals surface area contributed by atoms with Gasteiger partial charge in [0, 0.05) is 23.0 Å². The van der Waals surface area contributed by atoms with Gasteiger partial charge in [0.05, 0.1) is 5.56 Å². The van der Waals surface area contributed by atoms with Crippen LogP contribution in [-0.2, 0) is 11.4 Å².